The van der Waals surface area contributed by atoms with E-state index in [2.05, 4.69) is 6.92 Å². The van der Waals surface area contributed by atoms with Crippen LogP contribution >= 0.6 is 22.9 Å². The summed E-state index contributed by atoms with van der Waals surface area (Å²) in [6.45, 7) is 2.05. The van der Waals surface area contributed by atoms with Crippen LogP contribution in [0.3, 0.4) is 0 Å². The normalized spacial score (nSPS) is 10.6. The summed E-state index contributed by atoms with van der Waals surface area (Å²) < 4.78 is 12.9. The van der Waals surface area contributed by atoms with E-state index in [1.165, 1.54) is 28.3 Å². The minimum Gasteiger partial charge on any atom is -0.293 e. The van der Waals surface area contributed by atoms with Crippen molar-refractivity contribution in [1.29, 1.82) is 0 Å². The first-order valence-electron chi connectivity index (χ1n) is 5.66. The van der Waals surface area contributed by atoms with Crippen LogP contribution in [0.4, 0.5) is 4.39 Å². The molecule has 0 radical (unpaired) electrons. The Morgan fingerprint density at radius 1 is 1.33 bits per heavy atom. The second-order valence-electron chi connectivity index (χ2n) is 3.96. The highest BCUT2D eigenvalue weighted by atomic mass is 35.5. The van der Waals surface area contributed by atoms with Gasteiger partial charge in [-0.3, -0.25) is 4.79 Å². The van der Waals surface area contributed by atoms with Gasteiger partial charge in [0.1, 0.15) is 5.82 Å². The molecule has 0 unspecified atom stereocenters. The Balaban J connectivity index is 2.16. The summed E-state index contributed by atoms with van der Waals surface area (Å²) in [4.78, 5) is 14.0. The first-order valence-corrected chi connectivity index (χ1v) is 6.85. The van der Waals surface area contributed by atoms with Gasteiger partial charge in [-0.25, -0.2) is 4.39 Å². The van der Waals surface area contributed by atoms with Crippen LogP contribution in [0, 0.1) is 5.82 Å². The highest BCUT2D eigenvalue weighted by Crippen LogP contribution is 2.22. The van der Waals surface area contributed by atoms with Gasteiger partial charge in [-0.1, -0.05) is 24.6 Å². The van der Waals surface area contributed by atoms with Gasteiger partial charge in [0.05, 0.1) is 4.88 Å². The second kappa shape index (κ2) is 5.63. The molecule has 1 nitrogen and oxygen atoms in total. The summed E-state index contributed by atoms with van der Waals surface area (Å²) in [5.74, 6) is -0.367. The van der Waals surface area contributed by atoms with E-state index >= 15 is 0 Å². The lowest BCUT2D eigenvalue weighted by atomic mass is 10.1. The minimum absolute atomic E-state index is 0.0215. The van der Waals surface area contributed by atoms with Gasteiger partial charge in [0.2, 0.25) is 0 Å². The Kier molecular flexibility index (Phi) is 4.15. The molecular formula is C14H12ClFOS. The van der Waals surface area contributed by atoms with E-state index in [0.717, 1.165) is 11.3 Å². The molecule has 0 amide bonds. The fourth-order valence-electron chi connectivity index (χ4n) is 1.64. The number of carbonyl (C=O) groups excluding carboxylic acids is 1. The SMILES string of the molecule is CCc1ccc(C(=O)Cc2ccc(F)cc2Cl)s1. The van der Waals surface area contributed by atoms with Crippen molar-refractivity contribution in [2.45, 2.75) is 19.8 Å². The van der Waals surface area contributed by atoms with Crippen molar-refractivity contribution in [2.75, 3.05) is 0 Å². The molecule has 18 heavy (non-hydrogen) atoms. The molecule has 4 heteroatoms. The Bertz CT molecular complexity index is 577. The van der Waals surface area contributed by atoms with Gasteiger partial charge in [0.15, 0.2) is 5.78 Å². The number of ketones is 1. The molecular weight excluding hydrogens is 271 g/mol. The summed E-state index contributed by atoms with van der Waals surface area (Å²) in [6, 6.07) is 7.91. The number of aryl methyl sites for hydroxylation is 1. The highest BCUT2D eigenvalue weighted by Gasteiger charge is 2.12. The molecule has 94 valence electrons. The molecule has 0 N–H and O–H groups in total. The number of carbonyl (C=O) groups is 1. The Hall–Kier alpha value is -1.19. The van der Waals surface area contributed by atoms with Crippen LogP contribution in [0.1, 0.15) is 27.0 Å². The fourth-order valence-corrected chi connectivity index (χ4v) is 2.76. The van der Waals surface area contributed by atoms with Crippen molar-refractivity contribution >= 4 is 28.7 Å². The zero-order chi connectivity index (χ0) is 13.1. The lowest BCUT2D eigenvalue weighted by molar-refractivity contribution is 0.0997. The average Bonchev–Trinajstić information content (AvgIpc) is 2.81. The fraction of sp³-hybridized carbons (Fsp3) is 0.214. The van der Waals surface area contributed by atoms with E-state index in [-0.39, 0.29) is 18.0 Å². The molecule has 1 heterocycles. The standard InChI is InChI=1S/C14H12ClFOS/c1-2-11-5-6-14(18-11)13(17)7-9-3-4-10(16)8-12(9)15/h3-6,8H,2,7H2,1H3. The third kappa shape index (κ3) is 2.98. The monoisotopic (exact) mass is 282 g/mol. The Morgan fingerprint density at radius 2 is 2.11 bits per heavy atom. The van der Waals surface area contributed by atoms with E-state index in [0.29, 0.717) is 10.6 Å². The molecule has 0 saturated heterocycles. The minimum atomic E-state index is -0.388. The first kappa shape index (κ1) is 13.2. The molecule has 1 aromatic heterocycles. The van der Waals surface area contributed by atoms with Crippen molar-refractivity contribution in [2.24, 2.45) is 0 Å². The number of rotatable bonds is 4. The number of halogens is 2. The maximum atomic E-state index is 12.9. The summed E-state index contributed by atoms with van der Waals surface area (Å²) in [6.07, 6.45) is 1.14. The van der Waals surface area contributed by atoms with Crippen LogP contribution in [-0.2, 0) is 12.8 Å². The first-order chi connectivity index (χ1) is 8.60. The number of hydrogen-bond donors (Lipinski definition) is 0. The van der Waals surface area contributed by atoms with Gasteiger partial charge >= 0.3 is 0 Å². The third-order valence-electron chi connectivity index (χ3n) is 2.65. The maximum absolute atomic E-state index is 12.9. The predicted octanol–water partition coefficient (Wildman–Crippen LogP) is 4.53. The molecule has 0 saturated carbocycles. The molecule has 0 aliphatic heterocycles. The number of hydrogen-bond acceptors (Lipinski definition) is 2. The van der Waals surface area contributed by atoms with E-state index in [1.54, 1.807) is 6.07 Å². The zero-order valence-electron chi connectivity index (χ0n) is 9.87. The third-order valence-corrected chi connectivity index (χ3v) is 4.27. The van der Waals surface area contributed by atoms with Gasteiger partial charge in [0, 0.05) is 16.3 Å². The Morgan fingerprint density at radius 3 is 2.72 bits per heavy atom. The van der Waals surface area contributed by atoms with Crippen LogP contribution in [-0.4, -0.2) is 5.78 Å². The van der Waals surface area contributed by atoms with Gasteiger partial charge in [-0.2, -0.15) is 0 Å². The van der Waals surface area contributed by atoms with Crippen molar-refractivity contribution in [1.82, 2.24) is 0 Å². The molecule has 0 bridgehead atoms. The van der Waals surface area contributed by atoms with E-state index in [4.69, 9.17) is 11.6 Å². The second-order valence-corrected chi connectivity index (χ2v) is 5.53. The van der Waals surface area contributed by atoms with Gasteiger partial charge in [0.25, 0.3) is 0 Å². The number of thiophene rings is 1. The topological polar surface area (TPSA) is 17.1 Å². The summed E-state index contributed by atoms with van der Waals surface area (Å²) in [5, 5.41) is 0.302. The maximum Gasteiger partial charge on any atom is 0.177 e. The molecule has 2 rings (SSSR count). The molecule has 0 fully saturated rings. The number of benzene rings is 1. The van der Waals surface area contributed by atoms with E-state index < -0.39 is 0 Å². The molecule has 2 aromatic rings. The molecule has 0 atom stereocenters. The van der Waals surface area contributed by atoms with Crippen molar-refractivity contribution in [3.63, 3.8) is 0 Å². The lowest BCUT2D eigenvalue weighted by Gasteiger charge is -2.02. The zero-order valence-corrected chi connectivity index (χ0v) is 11.4. The van der Waals surface area contributed by atoms with Crippen molar-refractivity contribution < 1.29 is 9.18 Å². The summed E-state index contributed by atoms with van der Waals surface area (Å²) >= 11 is 7.41. The number of Topliss-reactive ketones (excluding diaryl/α,β-unsaturated/α-hetero) is 1. The van der Waals surface area contributed by atoms with Crippen LogP contribution in [0.5, 0.6) is 0 Å². The smallest absolute Gasteiger partial charge is 0.177 e. The quantitative estimate of drug-likeness (QED) is 0.753. The van der Waals surface area contributed by atoms with Crippen LogP contribution in [0.15, 0.2) is 30.3 Å². The van der Waals surface area contributed by atoms with Crippen molar-refractivity contribution in [3.05, 3.63) is 56.5 Å². The van der Waals surface area contributed by atoms with Crippen molar-refractivity contribution in [3.8, 4) is 0 Å². The molecule has 0 aliphatic rings. The van der Waals surface area contributed by atoms with Crippen LogP contribution in [0.2, 0.25) is 5.02 Å². The van der Waals surface area contributed by atoms with Crippen LogP contribution in [0.25, 0.3) is 0 Å². The Labute approximate surface area is 114 Å². The van der Waals surface area contributed by atoms with Gasteiger partial charge < -0.3 is 0 Å². The van der Waals surface area contributed by atoms with Gasteiger partial charge in [-0.05, 0) is 36.2 Å². The average molecular weight is 283 g/mol. The lowest BCUT2D eigenvalue weighted by Crippen LogP contribution is -2.01. The largest absolute Gasteiger partial charge is 0.293 e. The molecule has 0 aliphatic carbocycles. The van der Waals surface area contributed by atoms with E-state index in [9.17, 15) is 9.18 Å². The molecule has 0 spiro atoms. The van der Waals surface area contributed by atoms with Gasteiger partial charge in [-0.15, -0.1) is 11.3 Å². The van der Waals surface area contributed by atoms with E-state index in [1.807, 2.05) is 12.1 Å². The predicted molar refractivity (Wildman–Crippen MR) is 73.1 cm³/mol. The summed E-state index contributed by atoms with van der Waals surface area (Å²) in [7, 11) is 0. The van der Waals surface area contributed by atoms with Crippen LogP contribution < -0.4 is 0 Å². The highest BCUT2D eigenvalue weighted by molar-refractivity contribution is 7.14. The summed E-state index contributed by atoms with van der Waals surface area (Å²) in [5.41, 5.74) is 0.662. The molecule has 1 aromatic carbocycles.